The molecule has 0 atom stereocenters. The van der Waals surface area contributed by atoms with E-state index in [1.54, 1.807) is 23.1 Å². The van der Waals surface area contributed by atoms with Crippen LogP contribution in [0.25, 0.3) is 0 Å². The van der Waals surface area contributed by atoms with Crippen LogP contribution < -0.4 is 20.7 Å². The second kappa shape index (κ2) is 9.76. The van der Waals surface area contributed by atoms with Crippen molar-refractivity contribution in [3.05, 3.63) is 24.3 Å². The molecule has 1 saturated carbocycles. The number of carbonyl (C=O) groups excluding carboxylic acids is 3. The van der Waals surface area contributed by atoms with Gasteiger partial charge in [-0.15, -0.1) is 0 Å². The van der Waals surface area contributed by atoms with Crippen LogP contribution in [0.15, 0.2) is 24.3 Å². The fourth-order valence-electron chi connectivity index (χ4n) is 2.49. The fraction of sp³-hybridized carbons (Fsp3) is 0.500. The minimum atomic E-state index is -0.479. The third-order valence-corrected chi connectivity index (χ3v) is 3.82. The van der Waals surface area contributed by atoms with Crippen molar-refractivity contribution in [3.8, 4) is 5.75 Å². The summed E-state index contributed by atoms with van der Waals surface area (Å²) in [5.74, 6) is -0.114. The number of hydrogen-bond acceptors (Lipinski definition) is 5. The number of benzene rings is 1. The van der Waals surface area contributed by atoms with Gasteiger partial charge in [-0.2, -0.15) is 0 Å². The highest BCUT2D eigenvalue weighted by molar-refractivity contribution is 5.96. The number of anilines is 1. The van der Waals surface area contributed by atoms with E-state index in [-0.39, 0.29) is 25.0 Å². The SMILES string of the molecule is CCCN(CC(=O)NC(=O)NC1CC1)CC(=O)Nc1ccccc1OC. The Bertz CT molecular complexity index is 646. The van der Waals surface area contributed by atoms with Gasteiger partial charge in [-0.05, 0) is 37.9 Å². The van der Waals surface area contributed by atoms with E-state index in [2.05, 4.69) is 16.0 Å². The zero-order chi connectivity index (χ0) is 18.9. The molecule has 0 bridgehead atoms. The molecule has 3 N–H and O–H groups in total. The molecule has 1 fully saturated rings. The molecular weight excluding hydrogens is 336 g/mol. The van der Waals surface area contributed by atoms with Crippen LogP contribution in [0, 0.1) is 0 Å². The Morgan fingerprint density at radius 2 is 1.85 bits per heavy atom. The molecule has 0 heterocycles. The Morgan fingerprint density at radius 3 is 2.50 bits per heavy atom. The summed E-state index contributed by atoms with van der Waals surface area (Å²) in [6.45, 7) is 2.55. The van der Waals surface area contributed by atoms with E-state index in [1.165, 1.54) is 7.11 Å². The van der Waals surface area contributed by atoms with Crippen LogP contribution in [0.4, 0.5) is 10.5 Å². The zero-order valence-corrected chi connectivity index (χ0v) is 15.2. The zero-order valence-electron chi connectivity index (χ0n) is 15.2. The van der Waals surface area contributed by atoms with Gasteiger partial charge in [-0.3, -0.25) is 19.8 Å². The number of nitrogens with one attached hydrogen (secondary N) is 3. The second-order valence-corrected chi connectivity index (χ2v) is 6.26. The minimum absolute atomic E-state index is 0.0225. The van der Waals surface area contributed by atoms with Crippen molar-refractivity contribution in [3.63, 3.8) is 0 Å². The molecule has 0 radical (unpaired) electrons. The fourth-order valence-corrected chi connectivity index (χ4v) is 2.49. The highest BCUT2D eigenvalue weighted by Crippen LogP contribution is 2.22. The Balaban J connectivity index is 1.84. The van der Waals surface area contributed by atoms with Crippen molar-refractivity contribution in [1.82, 2.24) is 15.5 Å². The molecular formula is C18H26N4O4. The molecule has 0 aromatic heterocycles. The normalized spacial score (nSPS) is 13.2. The summed E-state index contributed by atoms with van der Waals surface area (Å²) in [5, 5.41) is 7.77. The molecule has 1 aromatic rings. The maximum Gasteiger partial charge on any atom is 0.321 e. The number of urea groups is 1. The predicted molar refractivity (Wildman–Crippen MR) is 98.1 cm³/mol. The molecule has 0 saturated heterocycles. The molecule has 0 spiro atoms. The van der Waals surface area contributed by atoms with Crippen molar-refractivity contribution < 1.29 is 19.1 Å². The Labute approximate surface area is 153 Å². The summed E-state index contributed by atoms with van der Waals surface area (Å²) >= 11 is 0. The van der Waals surface area contributed by atoms with E-state index in [0.29, 0.717) is 18.0 Å². The summed E-state index contributed by atoms with van der Waals surface area (Å²) in [4.78, 5) is 37.6. The number of carbonyl (C=O) groups is 3. The first kappa shape index (κ1) is 19.7. The van der Waals surface area contributed by atoms with E-state index >= 15 is 0 Å². The summed E-state index contributed by atoms with van der Waals surface area (Å²) in [6.07, 6.45) is 2.68. The van der Waals surface area contributed by atoms with Crippen molar-refractivity contribution >= 4 is 23.5 Å². The first-order chi connectivity index (χ1) is 12.5. The number of ether oxygens (including phenoxy) is 1. The number of amides is 4. The van der Waals surface area contributed by atoms with E-state index in [1.807, 2.05) is 13.0 Å². The second-order valence-electron chi connectivity index (χ2n) is 6.26. The summed E-state index contributed by atoms with van der Waals surface area (Å²) in [5.41, 5.74) is 0.574. The topological polar surface area (TPSA) is 99.8 Å². The average Bonchev–Trinajstić information content (AvgIpc) is 3.39. The average molecular weight is 362 g/mol. The number of para-hydroxylation sites is 2. The maximum absolute atomic E-state index is 12.3. The van der Waals surface area contributed by atoms with Crippen LogP contribution in [-0.2, 0) is 9.59 Å². The first-order valence-corrected chi connectivity index (χ1v) is 8.77. The van der Waals surface area contributed by atoms with Crippen LogP contribution in [0.1, 0.15) is 26.2 Å². The van der Waals surface area contributed by atoms with Crippen LogP contribution >= 0.6 is 0 Å². The summed E-state index contributed by atoms with van der Waals surface area (Å²) in [7, 11) is 1.53. The molecule has 8 nitrogen and oxygen atoms in total. The highest BCUT2D eigenvalue weighted by Gasteiger charge is 2.24. The Morgan fingerprint density at radius 1 is 1.15 bits per heavy atom. The van der Waals surface area contributed by atoms with Gasteiger partial charge in [-0.25, -0.2) is 4.79 Å². The molecule has 142 valence electrons. The molecule has 8 heteroatoms. The molecule has 1 aliphatic carbocycles. The van der Waals surface area contributed by atoms with Gasteiger partial charge >= 0.3 is 6.03 Å². The van der Waals surface area contributed by atoms with Crippen molar-refractivity contribution in [2.24, 2.45) is 0 Å². The predicted octanol–water partition coefficient (Wildman–Crippen LogP) is 1.33. The van der Waals surface area contributed by atoms with Gasteiger partial charge in [0.2, 0.25) is 11.8 Å². The van der Waals surface area contributed by atoms with Crippen LogP contribution in [-0.4, -0.2) is 55.5 Å². The van der Waals surface area contributed by atoms with E-state index in [4.69, 9.17) is 4.74 Å². The van der Waals surface area contributed by atoms with Gasteiger partial charge in [0.1, 0.15) is 5.75 Å². The van der Waals surface area contributed by atoms with Gasteiger partial charge in [0.15, 0.2) is 0 Å². The summed E-state index contributed by atoms with van der Waals surface area (Å²) in [6, 6.07) is 6.82. The van der Waals surface area contributed by atoms with E-state index < -0.39 is 11.9 Å². The number of imide groups is 1. The number of nitrogens with zero attached hydrogens (tertiary/aromatic N) is 1. The Hall–Kier alpha value is -2.61. The minimum Gasteiger partial charge on any atom is -0.495 e. The molecule has 0 aliphatic heterocycles. The summed E-state index contributed by atoms with van der Waals surface area (Å²) < 4.78 is 5.21. The number of rotatable bonds is 9. The maximum atomic E-state index is 12.3. The molecule has 2 rings (SSSR count). The van der Waals surface area contributed by atoms with Crippen LogP contribution in [0.5, 0.6) is 5.75 Å². The van der Waals surface area contributed by atoms with Gasteiger partial charge in [0.05, 0.1) is 25.9 Å². The third-order valence-electron chi connectivity index (χ3n) is 3.82. The van der Waals surface area contributed by atoms with Crippen LogP contribution in [0.2, 0.25) is 0 Å². The molecule has 26 heavy (non-hydrogen) atoms. The lowest BCUT2D eigenvalue weighted by Gasteiger charge is -2.20. The monoisotopic (exact) mass is 362 g/mol. The molecule has 0 unspecified atom stereocenters. The van der Waals surface area contributed by atoms with Crippen molar-refractivity contribution in [1.29, 1.82) is 0 Å². The van der Waals surface area contributed by atoms with E-state index in [0.717, 1.165) is 19.3 Å². The quantitative estimate of drug-likeness (QED) is 0.615. The smallest absolute Gasteiger partial charge is 0.321 e. The highest BCUT2D eigenvalue weighted by atomic mass is 16.5. The molecule has 1 aliphatic rings. The lowest BCUT2D eigenvalue weighted by molar-refractivity contribution is -0.122. The molecule has 1 aromatic carbocycles. The third kappa shape index (κ3) is 6.72. The molecule has 4 amide bonds. The van der Waals surface area contributed by atoms with Crippen LogP contribution in [0.3, 0.4) is 0 Å². The lowest BCUT2D eigenvalue weighted by atomic mass is 10.3. The van der Waals surface area contributed by atoms with Gasteiger partial charge in [0.25, 0.3) is 0 Å². The van der Waals surface area contributed by atoms with E-state index in [9.17, 15) is 14.4 Å². The number of hydrogen-bond donors (Lipinski definition) is 3. The standard InChI is InChI=1S/C18H26N4O4/c1-3-10-22(12-17(24)21-18(25)19-13-8-9-13)11-16(23)20-14-6-4-5-7-15(14)26-2/h4-7,13H,3,8-12H2,1-2H3,(H,20,23)(H2,19,21,24,25). The van der Waals surface area contributed by atoms with Gasteiger partial charge in [0, 0.05) is 6.04 Å². The van der Waals surface area contributed by atoms with Gasteiger partial charge in [-0.1, -0.05) is 19.1 Å². The number of methoxy groups -OCH3 is 1. The van der Waals surface area contributed by atoms with Crippen molar-refractivity contribution in [2.45, 2.75) is 32.2 Å². The van der Waals surface area contributed by atoms with Gasteiger partial charge < -0.3 is 15.4 Å². The van der Waals surface area contributed by atoms with Crippen molar-refractivity contribution in [2.75, 3.05) is 32.1 Å². The lowest BCUT2D eigenvalue weighted by Crippen LogP contribution is -2.46. The Kier molecular flexibility index (Phi) is 7.40. The largest absolute Gasteiger partial charge is 0.495 e. The first-order valence-electron chi connectivity index (χ1n) is 8.77.